The molecule has 13 heavy (non-hydrogen) atoms. The zero-order chi connectivity index (χ0) is 10.1. The molecule has 2 N–H and O–H groups in total. The molecule has 1 amide bonds. The normalized spacial score (nSPS) is 27.8. The largest absolute Gasteiger partial charge is 0.369 e. The third kappa shape index (κ3) is 2.18. The predicted molar refractivity (Wildman–Crippen MR) is 45.1 cm³/mol. The molecule has 0 aliphatic carbocycles. The highest BCUT2D eigenvalue weighted by atomic mass is 32.2. The molecule has 1 fully saturated rings. The van der Waals surface area contributed by atoms with Gasteiger partial charge in [0, 0.05) is 0 Å². The number of hydrogen-bond donors (Lipinski definition) is 1. The summed E-state index contributed by atoms with van der Waals surface area (Å²) >= 11 is 0. The van der Waals surface area contributed by atoms with Crippen LogP contribution < -0.4 is 5.73 Å². The highest BCUT2D eigenvalue weighted by Crippen LogP contribution is 2.25. The fourth-order valence-electron chi connectivity index (χ4n) is 1.49. The van der Waals surface area contributed by atoms with Crippen molar-refractivity contribution in [1.82, 2.24) is 0 Å². The van der Waals surface area contributed by atoms with Gasteiger partial charge in [-0.1, -0.05) is 0 Å². The molecule has 1 heterocycles. The van der Waals surface area contributed by atoms with Gasteiger partial charge in [-0.3, -0.25) is 4.79 Å². The summed E-state index contributed by atoms with van der Waals surface area (Å²) in [6.45, 7) is 0. The summed E-state index contributed by atoms with van der Waals surface area (Å²) < 4.78 is 22.0. The van der Waals surface area contributed by atoms with E-state index in [2.05, 4.69) is 0 Å². The average Bonchev–Trinajstić information content (AvgIpc) is 2.31. The van der Waals surface area contributed by atoms with Crippen LogP contribution in [0.3, 0.4) is 0 Å². The van der Waals surface area contributed by atoms with E-state index < -0.39 is 27.6 Å². The van der Waals surface area contributed by atoms with Gasteiger partial charge in [0.25, 0.3) is 0 Å². The van der Waals surface area contributed by atoms with Crippen LogP contribution in [-0.2, 0) is 14.6 Å². The molecule has 5 nitrogen and oxygen atoms in total. The maximum atomic E-state index is 11.0. The van der Waals surface area contributed by atoms with E-state index in [4.69, 9.17) is 11.0 Å². The average molecular weight is 202 g/mol. The van der Waals surface area contributed by atoms with Crippen molar-refractivity contribution < 1.29 is 13.2 Å². The second-order valence-electron chi connectivity index (χ2n) is 3.17. The summed E-state index contributed by atoms with van der Waals surface area (Å²) in [5.41, 5.74) is 4.96. The van der Waals surface area contributed by atoms with Crippen molar-refractivity contribution in [3.05, 3.63) is 0 Å². The lowest BCUT2D eigenvalue weighted by atomic mass is 9.93. The number of carbonyl (C=O) groups excluding carboxylic acids is 1. The Balaban J connectivity index is 2.76. The van der Waals surface area contributed by atoms with Crippen molar-refractivity contribution in [1.29, 1.82) is 5.26 Å². The van der Waals surface area contributed by atoms with Gasteiger partial charge in [0.1, 0.15) is 5.92 Å². The van der Waals surface area contributed by atoms with E-state index in [1.54, 1.807) is 6.07 Å². The maximum absolute atomic E-state index is 11.0. The minimum Gasteiger partial charge on any atom is -0.369 e. The van der Waals surface area contributed by atoms with E-state index >= 15 is 0 Å². The third-order valence-corrected chi connectivity index (χ3v) is 3.98. The molecule has 2 atom stereocenters. The van der Waals surface area contributed by atoms with Gasteiger partial charge in [-0.15, -0.1) is 0 Å². The van der Waals surface area contributed by atoms with E-state index in [-0.39, 0.29) is 11.5 Å². The lowest BCUT2D eigenvalue weighted by molar-refractivity contribution is -0.121. The Labute approximate surface area is 76.4 Å². The molecule has 1 rings (SSSR count). The molecule has 6 heteroatoms. The van der Waals surface area contributed by atoms with E-state index in [0.29, 0.717) is 6.42 Å². The number of amides is 1. The highest BCUT2D eigenvalue weighted by molar-refractivity contribution is 7.91. The predicted octanol–water partition coefficient (Wildman–Crippen LogP) is -0.954. The quantitative estimate of drug-likeness (QED) is 0.623. The molecule has 1 aliphatic rings. The Morgan fingerprint density at radius 3 is 2.54 bits per heavy atom. The summed E-state index contributed by atoms with van der Waals surface area (Å²) in [7, 11) is -3.04. The number of hydrogen-bond acceptors (Lipinski definition) is 4. The van der Waals surface area contributed by atoms with Crippen LogP contribution in [0.2, 0.25) is 0 Å². The zero-order valence-electron chi connectivity index (χ0n) is 6.93. The van der Waals surface area contributed by atoms with Crippen LogP contribution in [0.5, 0.6) is 0 Å². The van der Waals surface area contributed by atoms with Gasteiger partial charge in [-0.05, 0) is 12.3 Å². The molecule has 0 radical (unpaired) electrons. The van der Waals surface area contributed by atoms with Crippen LogP contribution in [0.1, 0.15) is 6.42 Å². The van der Waals surface area contributed by atoms with Crippen molar-refractivity contribution in [2.24, 2.45) is 17.6 Å². The Bertz CT molecular complexity index is 354. The summed E-state index contributed by atoms with van der Waals surface area (Å²) in [5.74, 6) is -2.13. The van der Waals surface area contributed by atoms with Crippen molar-refractivity contribution in [2.75, 3.05) is 11.5 Å². The molecule has 0 unspecified atom stereocenters. The second kappa shape index (κ2) is 3.34. The van der Waals surface area contributed by atoms with Gasteiger partial charge in [-0.25, -0.2) is 8.42 Å². The van der Waals surface area contributed by atoms with Crippen LogP contribution >= 0.6 is 0 Å². The Kier molecular flexibility index (Phi) is 2.57. The van der Waals surface area contributed by atoms with Crippen molar-refractivity contribution in [3.8, 4) is 6.07 Å². The van der Waals surface area contributed by atoms with Gasteiger partial charge < -0.3 is 5.73 Å². The number of nitrogens with zero attached hydrogens (tertiary/aromatic N) is 1. The van der Waals surface area contributed by atoms with Gasteiger partial charge in [0.05, 0.1) is 17.6 Å². The highest BCUT2D eigenvalue weighted by Gasteiger charge is 2.36. The third-order valence-electron chi connectivity index (χ3n) is 2.18. The first-order valence-corrected chi connectivity index (χ1v) is 5.68. The fraction of sp³-hybridized carbons (Fsp3) is 0.714. The van der Waals surface area contributed by atoms with Crippen molar-refractivity contribution in [3.63, 3.8) is 0 Å². The van der Waals surface area contributed by atoms with Crippen LogP contribution in [0, 0.1) is 23.2 Å². The van der Waals surface area contributed by atoms with Crippen LogP contribution in [0.15, 0.2) is 0 Å². The molecule has 72 valence electrons. The second-order valence-corrected chi connectivity index (χ2v) is 5.40. The summed E-state index contributed by atoms with van der Waals surface area (Å²) in [6.07, 6.45) is 0.365. The van der Waals surface area contributed by atoms with E-state index in [9.17, 15) is 13.2 Å². The SMILES string of the molecule is N#C[C@H](C(N)=O)[C@H]1CCS(=O)(=O)C1. The zero-order valence-corrected chi connectivity index (χ0v) is 7.75. The van der Waals surface area contributed by atoms with E-state index in [1.165, 1.54) is 0 Å². The minimum atomic E-state index is -3.04. The first kappa shape index (κ1) is 9.99. The number of sulfone groups is 1. The van der Waals surface area contributed by atoms with Gasteiger partial charge >= 0.3 is 0 Å². The first-order chi connectivity index (χ1) is 5.96. The Morgan fingerprint density at radius 2 is 2.23 bits per heavy atom. The topological polar surface area (TPSA) is 101 Å². The molecule has 1 saturated heterocycles. The maximum Gasteiger partial charge on any atom is 0.235 e. The molecule has 0 aromatic heterocycles. The minimum absolute atomic E-state index is 0.0587. The molecule has 0 bridgehead atoms. The Hall–Kier alpha value is -1.09. The van der Waals surface area contributed by atoms with Gasteiger partial charge in [-0.2, -0.15) is 5.26 Å². The van der Waals surface area contributed by atoms with E-state index in [1.807, 2.05) is 0 Å². The van der Waals surface area contributed by atoms with Crippen molar-refractivity contribution in [2.45, 2.75) is 6.42 Å². The number of nitrogens with two attached hydrogens (primary N) is 1. The lowest BCUT2D eigenvalue weighted by Crippen LogP contribution is -2.29. The summed E-state index contributed by atoms with van der Waals surface area (Å²) in [5, 5.41) is 8.58. The van der Waals surface area contributed by atoms with Crippen molar-refractivity contribution >= 4 is 15.7 Å². The molecule has 0 aromatic rings. The number of nitriles is 1. The standard InChI is InChI=1S/C7H10N2O3S/c8-3-6(7(9)10)5-1-2-13(11,12)4-5/h5-6H,1-2,4H2,(H2,9,10)/t5-,6-/m0/s1. The first-order valence-electron chi connectivity index (χ1n) is 3.85. The number of carbonyl (C=O) groups is 1. The fourth-order valence-corrected chi connectivity index (χ4v) is 3.33. The summed E-state index contributed by atoms with van der Waals surface area (Å²) in [4.78, 5) is 10.7. The molecular formula is C7H10N2O3S. The monoisotopic (exact) mass is 202 g/mol. The molecular weight excluding hydrogens is 192 g/mol. The van der Waals surface area contributed by atoms with Crippen LogP contribution in [-0.4, -0.2) is 25.8 Å². The number of primary amides is 1. The van der Waals surface area contributed by atoms with Gasteiger partial charge in [0.2, 0.25) is 5.91 Å². The Morgan fingerprint density at radius 1 is 1.62 bits per heavy atom. The van der Waals surface area contributed by atoms with E-state index in [0.717, 1.165) is 0 Å². The lowest BCUT2D eigenvalue weighted by Gasteiger charge is -2.09. The van der Waals surface area contributed by atoms with Crippen LogP contribution in [0.25, 0.3) is 0 Å². The van der Waals surface area contributed by atoms with Gasteiger partial charge in [0.15, 0.2) is 9.84 Å². The molecule has 0 saturated carbocycles. The smallest absolute Gasteiger partial charge is 0.235 e. The van der Waals surface area contributed by atoms with Crippen LogP contribution in [0.4, 0.5) is 0 Å². The summed E-state index contributed by atoms with van der Waals surface area (Å²) in [6, 6.07) is 1.74. The molecule has 1 aliphatic heterocycles. The molecule has 0 spiro atoms. The molecule has 0 aromatic carbocycles. The number of rotatable bonds is 2.